The highest BCUT2D eigenvalue weighted by molar-refractivity contribution is 7.80. The van der Waals surface area contributed by atoms with E-state index in [1.807, 2.05) is 0 Å². The van der Waals surface area contributed by atoms with Crippen LogP contribution in [0.5, 0.6) is 5.06 Å². The third kappa shape index (κ3) is 0.990. The number of halogens is 1. The minimum atomic E-state index is -0.550. The fourth-order valence-electron chi connectivity index (χ4n) is 1.06. The maximum absolute atomic E-state index is 13.1. The third-order valence-electron chi connectivity index (χ3n) is 1.62. The van der Waals surface area contributed by atoms with E-state index in [-0.39, 0.29) is 5.06 Å². The Balaban J connectivity index is 2.95. The Morgan fingerprint density at radius 2 is 2.17 bits per heavy atom. The minimum Gasteiger partial charge on any atom is -0.497 e. The Labute approximate surface area is 77.9 Å². The van der Waals surface area contributed by atoms with Crippen molar-refractivity contribution < 1.29 is 9.50 Å². The molecule has 0 saturated heterocycles. The zero-order valence-corrected chi connectivity index (χ0v) is 7.62. The molecular weight excluding hydrogens is 195 g/mol. The highest BCUT2D eigenvalue weighted by Crippen LogP contribution is 2.37. The second-order valence-electron chi connectivity index (χ2n) is 2.38. The predicted molar refractivity (Wildman–Crippen MR) is 50.7 cm³/mol. The normalized spacial score (nSPS) is 10.8. The zero-order valence-electron chi connectivity index (χ0n) is 5.91. The lowest BCUT2D eigenvalue weighted by molar-refractivity contribution is 0.452. The molecule has 1 heterocycles. The first-order chi connectivity index (χ1) is 5.70. The summed E-state index contributed by atoms with van der Waals surface area (Å²) in [5, 5.41) is 9.24. The van der Waals surface area contributed by atoms with Gasteiger partial charge in [0.25, 0.3) is 0 Å². The van der Waals surface area contributed by atoms with Crippen molar-refractivity contribution in [3.8, 4) is 5.06 Å². The number of thiol groups is 1. The van der Waals surface area contributed by atoms with E-state index in [9.17, 15) is 4.39 Å². The molecule has 2 aromatic rings. The van der Waals surface area contributed by atoms with Crippen LogP contribution in [-0.4, -0.2) is 5.11 Å². The molecule has 0 aliphatic rings. The average molecular weight is 200 g/mol. The van der Waals surface area contributed by atoms with Gasteiger partial charge in [-0.05, 0) is 6.07 Å². The first kappa shape index (κ1) is 7.89. The summed E-state index contributed by atoms with van der Waals surface area (Å²) in [6.45, 7) is 0. The summed E-state index contributed by atoms with van der Waals surface area (Å²) < 4.78 is 13.8. The van der Waals surface area contributed by atoms with Gasteiger partial charge in [0.2, 0.25) is 5.06 Å². The van der Waals surface area contributed by atoms with Gasteiger partial charge in [0.15, 0.2) is 5.82 Å². The largest absolute Gasteiger partial charge is 0.497 e. The van der Waals surface area contributed by atoms with Crippen LogP contribution < -0.4 is 0 Å². The van der Waals surface area contributed by atoms with Crippen LogP contribution in [0.15, 0.2) is 23.1 Å². The summed E-state index contributed by atoms with van der Waals surface area (Å²) in [6.07, 6.45) is 0. The Kier molecular flexibility index (Phi) is 1.73. The quantitative estimate of drug-likeness (QED) is 0.626. The average Bonchev–Trinajstić information content (AvgIpc) is 2.32. The van der Waals surface area contributed by atoms with Gasteiger partial charge in [-0.25, -0.2) is 4.39 Å². The van der Waals surface area contributed by atoms with E-state index in [4.69, 9.17) is 5.11 Å². The first-order valence-corrected chi connectivity index (χ1v) is 4.55. The molecule has 0 unspecified atom stereocenters. The number of fused-ring (bicyclic) bond motifs is 1. The molecule has 0 saturated carbocycles. The number of aromatic hydroxyl groups is 1. The van der Waals surface area contributed by atoms with Gasteiger partial charge >= 0.3 is 0 Å². The first-order valence-electron chi connectivity index (χ1n) is 3.29. The Bertz CT molecular complexity index is 436. The lowest BCUT2D eigenvalue weighted by Gasteiger charge is -1.91. The number of benzene rings is 1. The zero-order chi connectivity index (χ0) is 8.72. The fourth-order valence-corrected chi connectivity index (χ4v) is 2.24. The highest BCUT2D eigenvalue weighted by Gasteiger charge is 2.11. The molecule has 1 aromatic carbocycles. The summed E-state index contributed by atoms with van der Waals surface area (Å²) in [6, 6.07) is 5.10. The van der Waals surface area contributed by atoms with E-state index < -0.39 is 5.82 Å². The van der Waals surface area contributed by atoms with Gasteiger partial charge in [-0.15, -0.1) is 12.6 Å². The van der Waals surface area contributed by atoms with Crippen LogP contribution in [0, 0.1) is 5.82 Å². The fraction of sp³-hybridized carbons (Fsp3) is 0. The van der Waals surface area contributed by atoms with E-state index >= 15 is 0 Å². The monoisotopic (exact) mass is 200 g/mol. The van der Waals surface area contributed by atoms with Gasteiger partial charge in [0, 0.05) is 10.3 Å². The van der Waals surface area contributed by atoms with Crippen molar-refractivity contribution >= 4 is 34.1 Å². The van der Waals surface area contributed by atoms with Crippen molar-refractivity contribution in [1.29, 1.82) is 0 Å². The van der Waals surface area contributed by atoms with E-state index in [1.54, 1.807) is 18.2 Å². The van der Waals surface area contributed by atoms with Crippen LogP contribution in [0.4, 0.5) is 4.39 Å². The summed E-state index contributed by atoms with van der Waals surface area (Å²) in [4.78, 5) is 0.691. The predicted octanol–water partition coefficient (Wildman–Crippen LogP) is 3.03. The van der Waals surface area contributed by atoms with Crippen molar-refractivity contribution in [2.45, 2.75) is 4.90 Å². The maximum atomic E-state index is 13.1. The van der Waals surface area contributed by atoms with Crippen molar-refractivity contribution in [2.24, 2.45) is 0 Å². The van der Waals surface area contributed by atoms with Crippen molar-refractivity contribution in [3.05, 3.63) is 24.0 Å². The van der Waals surface area contributed by atoms with Crippen LogP contribution in [0.3, 0.4) is 0 Å². The third-order valence-corrected chi connectivity index (χ3v) is 3.16. The molecule has 12 heavy (non-hydrogen) atoms. The van der Waals surface area contributed by atoms with Crippen LogP contribution in [-0.2, 0) is 0 Å². The highest BCUT2D eigenvalue weighted by atomic mass is 32.1. The molecule has 0 spiro atoms. The van der Waals surface area contributed by atoms with Crippen molar-refractivity contribution in [3.63, 3.8) is 0 Å². The van der Waals surface area contributed by atoms with Crippen LogP contribution in [0.25, 0.3) is 10.1 Å². The minimum absolute atomic E-state index is 0.272. The molecule has 0 amide bonds. The van der Waals surface area contributed by atoms with Gasteiger partial charge < -0.3 is 5.11 Å². The van der Waals surface area contributed by atoms with Crippen LogP contribution in [0.2, 0.25) is 0 Å². The van der Waals surface area contributed by atoms with Crippen molar-refractivity contribution in [2.75, 3.05) is 0 Å². The number of hydrogen-bond donors (Lipinski definition) is 2. The molecule has 1 N–H and O–H groups in total. The lowest BCUT2D eigenvalue weighted by atomic mass is 10.2. The van der Waals surface area contributed by atoms with E-state index in [0.29, 0.717) is 15.0 Å². The summed E-state index contributed by atoms with van der Waals surface area (Å²) in [5.41, 5.74) is 0. The van der Waals surface area contributed by atoms with Crippen molar-refractivity contribution in [1.82, 2.24) is 0 Å². The smallest absolute Gasteiger partial charge is 0.209 e. The van der Waals surface area contributed by atoms with E-state index in [2.05, 4.69) is 12.6 Å². The lowest BCUT2D eigenvalue weighted by Crippen LogP contribution is -1.69. The summed E-state index contributed by atoms with van der Waals surface area (Å²) in [7, 11) is 0. The molecule has 0 bridgehead atoms. The van der Waals surface area contributed by atoms with Gasteiger partial charge in [-0.1, -0.05) is 23.5 Å². The van der Waals surface area contributed by atoms with Gasteiger partial charge in [-0.3, -0.25) is 0 Å². The van der Waals surface area contributed by atoms with E-state index in [0.717, 1.165) is 11.3 Å². The maximum Gasteiger partial charge on any atom is 0.209 e. The number of rotatable bonds is 0. The Hall–Kier alpha value is -0.740. The second kappa shape index (κ2) is 2.64. The molecule has 4 heteroatoms. The Morgan fingerprint density at radius 3 is 2.83 bits per heavy atom. The van der Waals surface area contributed by atoms with Crippen LogP contribution in [0.1, 0.15) is 0 Å². The Morgan fingerprint density at radius 1 is 1.42 bits per heavy atom. The summed E-state index contributed by atoms with van der Waals surface area (Å²) in [5.74, 6) is -0.550. The molecule has 1 nitrogen and oxygen atoms in total. The standard InChI is InChI=1S/C8H5FOS2/c9-6-4-2-1-3-5(11)7(4)12-8(6)10/h1-3,10-11H. The van der Waals surface area contributed by atoms with Gasteiger partial charge in [0.1, 0.15) is 0 Å². The topological polar surface area (TPSA) is 20.2 Å². The second-order valence-corrected chi connectivity index (χ2v) is 3.86. The molecule has 0 radical (unpaired) electrons. The number of hydrogen-bond acceptors (Lipinski definition) is 3. The van der Waals surface area contributed by atoms with E-state index in [1.165, 1.54) is 0 Å². The SMILES string of the molecule is Oc1sc2c(S)cccc2c1F. The molecule has 62 valence electrons. The summed E-state index contributed by atoms with van der Waals surface area (Å²) >= 11 is 5.15. The molecule has 0 aliphatic heterocycles. The molecule has 0 aliphatic carbocycles. The molecule has 1 aromatic heterocycles. The number of thiophene rings is 1. The molecule has 0 atom stereocenters. The van der Waals surface area contributed by atoms with Gasteiger partial charge in [-0.2, -0.15) is 0 Å². The van der Waals surface area contributed by atoms with Gasteiger partial charge in [0.05, 0.1) is 4.70 Å². The molecule has 0 fully saturated rings. The molecule has 2 rings (SSSR count). The molecular formula is C8H5FOS2. The van der Waals surface area contributed by atoms with Crippen LogP contribution >= 0.6 is 24.0 Å².